The van der Waals surface area contributed by atoms with E-state index in [-0.39, 0.29) is 5.75 Å². The van der Waals surface area contributed by atoms with Crippen LogP contribution in [0.1, 0.15) is 24.7 Å². The van der Waals surface area contributed by atoms with Crippen molar-refractivity contribution in [1.82, 2.24) is 14.8 Å². The van der Waals surface area contributed by atoms with Crippen LogP contribution in [0.5, 0.6) is 5.75 Å². The molecular formula is C16H21N3O3S. The molecule has 2 aromatic rings. The summed E-state index contributed by atoms with van der Waals surface area (Å²) in [4.78, 5) is 10.7. The Bertz CT molecular complexity index is 641. The quantitative estimate of drug-likeness (QED) is 0.561. The van der Waals surface area contributed by atoms with E-state index in [2.05, 4.69) is 10.2 Å². The smallest absolute Gasteiger partial charge is 0.313 e. The standard InChI is InChI=1S/C16H21N3O3S/c1-3-19-14(17-18-16(19)23-11-15(20)21)5-4-10-22-13-8-6-12(2)7-9-13/h6-9H,3-5,10-11H2,1-2H3,(H,20,21). The van der Waals surface area contributed by atoms with Crippen molar-refractivity contribution in [3.05, 3.63) is 35.7 Å². The Balaban J connectivity index is 1.83. The lowest BCUT2D eigenvalue weighted by atomic mass is 10.2. The van der Waals surface area contributed by atoms with Gasteiger partial charge >= 0.3 is 5.97 Å². The van der Waals surface area contributed by atoms with Crippen LogP contribution in [-0.4, -0.2) is 38.2 Å². The third-order valence-electron chi connectivity index (χ3n) is 3.27. The normalized spacial score (nSPS) is 10.7. The monoisotopic (exact) mass is 335 g/mol. The highest BCUT2D eigenvalue weighted by atomic mass is 32.2. The first-order valence-electron chi connectivity index (χ1n) is 7.56. The van der Waals surface area contributed by atoms with Crippen LogP contribution in [0.2, 0.25) is 0 Å². The third kappa shape index (κ3) is 5.28. The lowest BCUT2D eigenvalue weighted by Gasteiger charge is -2.08. The van der Waals surface area contributed by atoms with Crippen LogP contribution < -0.4 is 4.74 Å². The number of rotatable bonds is 9. The van der Waals surface area contributed by atoms with E-state index in [0.29, 0.717) is 11.8 Å². The number of aryl methyl sites for hydroxylation is 2. The van der Waals surface area contributed by atoms with Crippen molar-refractivity contribution in [2.45, 2.75) is 38.4 Å². The van der Waals surface area contributed by atoms with Gasteiger partial charge in [0.1, 0.15) is 11.6 Å². The molecule has 1 aromatic carbocycles. The lowest BCUT2D eigenvalue weighted by molar-refractivity contribution is -0.133. The van der Waals surface area contributed by atoms with E-state index in [1.807, 2.05) is 42.7 Å². The summed E-state index contributed by atoms with van der Waals surface area (Å²) in [6, 6.07) is 7.97. The first-order chi connectivity index (χ1) is 11.1. The zero-order valence-electron chi connectivity index (χ0n) is 13.4. The molecule has 6 nitrogen and oxygen atoms in total. The Morgan fingerprint density at radius 3 is 2.70 bits per heavy atom. The fourth-order valence-electron chi connectivity index (χ4n) is 2.11. The second kappa shape index (κ2) is 8.57. The minimum atomic E-state index is -0.853. The first kappa shape index (κ1) is 17.3. The molecule has 0 aliphatic carbocycles. The third-order valence-corrected chi connectivity index (χ3v) is 4.22. The van der Waals surface area contributed by atoms with E-state index in [0.717, 1.165) is 31.0 Å². The molecule has 2 rings (SSSR count). The van der Waals surface area contributed by atoms with Gasteiger partial charge in [-0.15, -0.1) is 10.2 Å². The highest BCUT2D eigenvalue weighted by Crippen LogP contribution is 2.18. The van der Waals surface area contributed by atoms with Gasteiger partial charge in [0.25, 0.3) is 0 Å². The Hall–Kier alpha value is -2.02. The summed E-state index contributed by atoms with van der Waals surface area (Å²) < 4.78 is 7.66. The van der Waals surface area contributed by atoms with Crippen LogP contribution in [0.15, 0.2) is 29.4 Å². The zero-order chi connectivity index (χ0) is 16.7. The molecule has 0 amide bonds. The molecule has 0 aliphatic rings. The fourth-order valence-corrected chi connectivity index (χ4v) is 2.85. The number of benzene rings is 1. The fraction of sp³-hybridized carbons (Fsp3) is 0.438. The number of aliphatic carboxylic acids is 1. The van der Waals surface area contributed by atoms with E-state index in [1.165, 1.54) is 17.3 Å². The molecule has 0 spiro atoms. The summed E-state index contributed by atoms with van der Waals surface area (Å²) in [6.45, 7) is 5.38. The van der Waals surface area contributed by atoms with Gasteiger partial charge in [-0.2, -0.15) is 0 Å². The average Bonchev–Trinajstić information content (AvgIpc) is 2.93. The van der Waals surface area contributed by atoms with Crippen molar-refractivity contribution >= 4 is 17.7 Å². The van der Waals surface area contributed by atoms with Crippen molar-refractivity contribution < 1.29 is 14.6 Å². The van der Waals surface area contributed by atoms with Crippen LogP contribution in [0.25, 0.3) is 0 Å². The number of ether oxygens (including phenoxy) is 1. The summed E-state index contributed by atoms with van der Waals surface area (Å²) in [5.74, 6) is 0.876. The molecular weight excluding hydrogens is 314 g/mol. The Labute approximate surface area is 139 Å². The maximum Gasteiger partial charge on any atom is 0.313 e. The molecule has 0 radical (unpaired) electrons. The zero-order valence-corrected chi connectivity index (χ0v) is 14.2. The molecule has 0 atom stereocenters. The highest BCUT2D eigenvalue weighted by molar-refractivity contribution is 7.99. The van der Waals surface area contributed by atoms with Gasteiger partial charge in [-0.25, -0.2) is 0 Å². The number of thioether (sulfide) groups is 1. The van der Waals surface area contributed by atoms with Crippen molar-refractivity contribution in [2.24, 2.45) is 0 Å². The van der Waals surface area contributed by atoms with E-state index in [9.17, 15) is 4.79 Å². The largest absolute Gasteiger partial charge is 0.494 e. The molecule has 0 fully saturated rings. The number of nitrogens with zero attached hydrogens (tertiary/aromatic N) is 3. The molecule has 1 aromatic heterocycles. The molecule has 0 unspecified atom stereocenters. The predicted octanol–water partition coefficient (Wildman–Crippen LogP) is 2.79. The molecule has 23 heavy (non-hydrogen) atoms. The molecule has 124 valence electrons. The maximum atomic E-state index is 10.7. The number of carboxylic acids is 1. The molecule has 0 saturated carbocycles. The van der Waals surface area contributed by atoms with Gasteiger partial charge in [-0.05, 0) is 32.4 Å². The van der Waals surface area contributed by atoms with Crippen molar-refractivity contribution in [1.29, 1.82) is 0 Å². The first-order valence-corrected chi connectivity index (χ1v) is 8.55. The van der Waals surface area contributed by atoms with Crippen molar-refractivity contribution in [2.75, 3.05) is 12.4 Å². The number of aromatic nitrogens is 3. The van der Waals surface area contributed by atoms with E-state index < -0.39 is 5.97 Å². The summed E-state index contributed by atoms with van der Waals surface area (Å²) in [6.07, 6.45) is 1.58. The molecule has 0 saturated heterocycles. The van der Waals surface area contributed by atoms with E-state index in [4.69, 9.17) is 9.84 Å². The molecule has 7 heteroatoms. The summed E-state index contributed by atoms with van der Waals surface area (Å²) in [5.41, 5.74) is 1.21. The van der Waals surface area contributed by atoms with Gasteiger partial charge in [0.2, 0.25) is 0 Å². The lowest BCUT2D eigenvalue weighted by Crippen LogP contribution is -2.07. The number of carbonyl (C=O) groups is 1. The van der Waals surface area contributed by atoms with Gasteiger partial charge in [0.05, 0.1) is 12.4 Å². The van der Waals surface area contributed by atoms with Crippen molar-refractivity contribution in [3.63, 3.8) is 0 Å². The average molecular weight is 335 g/mol. The van der Waals surface area contributed by atoms with Gasteiger partial charge in [-0.3, -0.25) is 4.79 Å². The van der Waals surface area contributed by atoms with Gasteiger partial charge in [-0.1, -0.05) is 29.5 Å². The highest BCUT2D eigenvalue weighted by Gasteiger charge is 2.12. The Morgan fingerprint density at radius 1 is 1.30 bits per heavy atom. The number of hydrogen-bond acceptors (Lipinski definition) is 5. The van der Waals surface area contributed by atoms with Crippen LogP contribution >= 0.6 is 11.8 Å². The minimum Gasteiger partial charge on any atom is -0.494 e. The second-order valence-corrected chi connectivity index (χ2v) is 6.03. The van der Waals surface area contributed by atoms with Gasteiger partial charge < -0.3 is 14.4 Å². The SMILES string of the molecule is CCn1c(CCCOc2ccc(C)cc2)nnc1SCC(=O)O. The summed E-state index contributed by atoms with van der Waals surface area (Å²) >= 11 is 1.20. The molecule has 0 aliphatic heterocycles. The summed E-state index contributed by atoms with van der Waals surface area (Å²) in [5, 5.41) is 17.6. The molecule has 1 heterocycles. The van der Waals surface area contributed by atoms with Crippen LogP contribution in [-0.2, 0) is 17.8 Å². The Morgan fingerprint density at radius 2 is 2.04 bits per heavy atom. The van der Waals surface area contributed by atoms with Crippen molar-refractivity contribution in [3.8, 4) is 5.75 Å². The molecule has 0 bridgehead atoms. The molecule has 1 N–H and O–H groups in total. The summed E-state index contributed by atoms with van der Waals surface area (Å²) in [7, 11) is 0. The Kier molecular flexibility index (Phi) is 6.46. The topological polar surface area (TPSA) is 77.2 Å². The maximum absolute atomic E-state index is 10.7. The second-order valence-electron chi connectivity index (χ2n) is 5.09. The van der Waals surface area contributed by atoms with Crippen LogP contribution in [0.3, 0.4) is 0 Å². The van der Waals surface area contributed by atoms with E-state index in [1.54, 1.807) is 0 Å². The number of hydrogen-bond donors (Lipinski definition) is 1. The predicted molar refractivity (Wildman–Crippen MR) is 89.1 cm³/mol. The van der Waals surface area contributed by atoms with Gasteiger partial charge in [0.15, 0.2) is 5.16 Å². The van der Waals surface area contributed by atoms with E-state index >= 15 is 0 Å². The number of carboxylic acid groups (broad SMARTS) is 1. The van der Waals surface area contributed by atoms with Gasteiger partial charge in [0, 0.05) is 13.0 Å². The minimum absolute atomic E-state index is 0.00529. The van der Waals surface area contributed by atoms with Crippen LogP contribution in [0.4, 0.5) is 0 Å². The van der Waals surface area contributed by atoms with Crippen LogP contribution in [0, 0.1) is 6.92 Å².